The van der Waals surface area contributed by atoms with E-state index in [4.69, 9.17) is 18.9 Å². The molecule has 0 bridgehead atoms. The molecular weight excluding hydrogens is 416 g/mol. The van der Waals surface area contributed by atoms with E-state index in [-0.39, 0.29) is 25.7 Å². The fourth-order valence-electron chi connectivity index (χ4n) is 3.97. The summed E-state index contributed by atoms with van der Waals surface area (Å²) in [7, 11) is 4.98. The number of methoxy groups -OCH3 is 4. The van der Waals surface area contributed by atoms with Crippen LogP contribution in [0.3, 0.4) is 0 Å². The first-order chi connectivity index (χ1) is 15.1. The maximum absolute atomic E-state index is 12.7. The quantitative estimate of drug-likeness (QED) is 0.278. The minimum Gasteiger partial charge on any atom is -0.468 e. The normalized spacial score (nSPS) is 23.1. The Morgan fingerprint density at radius 2 is 1.25 bits per heavy atom. The summed E-state index contributed by atoms with van der Waals surface area (Å²) in [6.45, 7) is 3.65. The predicted molar refractivity (Wildman–Crippen MR) is 117 cm³/mol. The van der Waals surface area contributed by atoms with Gasteiger partial charge in [-0.15, -0.1) is 0 Å². The number of allylic oxidation sites excluding steroid dienone is 6. The minimum absolute atomic E-state index is 0.0859. The zero-order valence-corrected chi connectivity index (χ0v) is 19.8. The first-order valence-electron chi connectivity index (χ1n) is 10.4. The van der Waals surface area contributed by atoms with Crippen molar-refractivity contribution in [3.05, 3.63) is 35.5 Å². The summed E-state index contributed by atoms with van der Waals surface area (Å²) >= 11 is 0. The van der Waals surface area contributed by atoms with Gasteiger partial charge in [0.25, 0.3) is 0 Å². The molecule has 0 fully saturated rings. The molecule has 32 heavy (non-hydrogen) atoms. The molecule has 0 aromatic heterocycles. The second kappa shape index (κ2) is 12.2. The van der Waals surface area contributed by atoms with Crippen molar-refractivity contribution in [2.75, 3.05) is 28.4 Å². The molecule has 1 rings (SSSR count). The molecule has 1 aliphatic carbocycles. The standard InChI is InChI=1S/C24H34O8/c1-17-11-9-14-24(21(27)31-5,22(28)32-6)16-18(2)10-7-8-13-23(15-12-17,19(25)29-3)20(26)30-4/h7-8,10-11H,9,12-16H2,1-6H3/b8-7-,17-11-,18-10+. The first kappa shape index (κ1) is 27.1. The van der Waals surface area contributed by atoms with E-state index in [0.717, 1.165) is 11.1 Å². The van der Waals surface area contributed by atoms with Crippen LogP contribution in [0.5, 0.6) is 0 Å². The highest BCUT2D eigenvalue weighted by atomic mass is 16.6. The van der Waals surface area contributed by atoms with Crippen molar-refractivity contribution in [1.29, 1.82) is 0 Å². The average molecular weight is 451 g/mol. The molecule has 0 N–H and O–H groups in total. The summed E-state index contributed by atoms with van der Waals surface area (Å²) in [5.41, 5.74) is -1.28. The van der Waals surface area contributed by atoms with Crippen LogP contribution in [0.4, 0.5) is 0 Å². The summed E-state index contributed by atoms with van der Waals surface area (Å²) < 4.78 is 19.8. The van der Waals surface area contributed by atoms with Crippen LogP contribution in [-0.2, 0) is 38.1 Å². The molecule has 0 spiro atoms. The number of hydrogen-bond acceptors (Lipinski definition) is 8. The largest absolute Gasteiger partial charge is 0.468 e. The van der Waals surface area contributed by atoms with E-state index in [0.29, 0.717) is 12.8 Å². The van der Waals surface area contributed by atoms with Gasteiger partial charge in [-0.3, -0.25) is 19.2 Å². The first-order valence-corrected chi connectivity index (χ1v) is 10.4. The van der Waals surface area contributed by atoms with Crippen LogP contribution in [0.25, 0.3) is 0 Å². The van der Waals surface area contributed by atoms with Crippen molar-refractivity contribution >= 4 is 23.9 Å². The molecule has 0 amide bonds. The predicted octanol–water partition coefficient (Wildman–Crippen LogP) is 3.45. The van der Waals surface area contributed by atoms with Crippen LogP contribution in [0.2, 0.25) is 0 Å². The number of esters is 4. The van der Waals surface area contributed by atoms with Crippen molar-refractivity contribution in [2.45, 2.75) is 52.4 Å². The Labute approximate surface area is 189 Å². The molecule has 0 heterocycles. The molecule has 0 atom stereocenters. The molecule has 0 aliphatic heterocycles. The van der Waals surface area contributed by atoms with E-state index in [9.17, 15) is 19.2 Å². The molecule has 0 saturated carbocycles. The van der Waals surface area contributed by atoms with Gasteiger partial charge >= 0.3 is 23.9 Å². The lowest BCUT2D eigenvalue weighted by Crippen LogP contribution is -2.41. The zero-order chi connectivity index (χ0) is 24.4. The zero-order valence-electron chi connectivity index (χ0n) is 19.8. The average Bonchev–Trinajstić information content (AvgIpc) is 2.80. The lowest BCUT2D eigenvalue weighted by atomic mass is 9.76. The van der Waals surface area contributed by atoms with Crippen molar-refractivity contribution < 1.29 is 38.1 Å². The smallest absolute Gasteiger partial charge is 0.323 e. The number of hydrogen-bond donors (Lipinski definition) is 0. The van der Waals surface area contributed by atoms with Crippen LogP contribution in [-0.4, -0.2) is 52.3 Å². The monoisotopic (exact) mass is 450 g/mol. The van der Waals surface area contributed by atoms with Crippen molar-refractivity contribution in [1.82, 2.24) is 0 Å². The number of carbonyl (C=O) groups is 4. The van der Waals surface area contributed by atoms with Crippen molar-refractivity contribution in [2.24, 2.45) is 10.8 Å². The molecule has 0 unspecified atom stereocenters. The molecule has 0 aromatic carbocycles. The summed E-state index contributed by atoms with van der Waals surface area (Å²) in [6, 6.07) is 0. The Hall–Kier alpha value is -2.90. The second-order valence-electron chi connectivity index (χ2n) is 8.04. The SMILES string of the molecule is COC(=O)C1(C(=O)OC)C/C=C\C=C(/C)CC(C(=O)OC)(C(=O)OC)CC/C=C(/C)CC1. The van der Waals surface area contributed by atoms with Crippen LogP contribution in [0.1, 0.15) is 52.4 Å². The summed E-state index contributed by atoms with van der Waals surface area (Å²) in [6.07, 6.45) is 8.40. The third-order valence-electron chi connectivity index (χ3n) is 5.88. The van der Waals surface area contributed by atoms with Gasteiger partial charge in [0, 0.05) is 0 Å². The fraction of sp³-hybridized carbons (Fsp3) is 0.583. The fourth-order valence-corrected chi connectivity index (χ4v) is 3.97. The van der Waals surface area contributed by atoms with Crippen LogP contribution >= 0.6 is 0 Å². The van der Waals surface area contributed by atoms with Gasteiger partial charge in [-0.1, -0.05) is 35.5 Å². The van der Waals surface area contributed by atoms with E-state index in [1.165, 1.54) is 28.4 Å². The van der Waals surface area contributed by atoms with Gasteiger partial charge in [-0.2, -0.15) is 0 Å². The van der Waals surface area contributed by atoms with Gasteiger partial charge in [-0.25, -0.2) is 0 Å². The van der Waals surface area contributed by atoms with Gasteiger partial charge in [0.05, 0.1) is 28.4 Å². The van der Waals surface area contributed by atoms with Gasteiger partial charge in [0.1, 0.15) is 0 Å². The Morgan fingerprint density at radius 1 is 0.750 bits per heavy atom. The van der Waals surface area contributed by atoms with E-state index >= 15 is 0 Å². The molecule has 0 saturated heterocycles. The van der Waals surface area contributed by atoms with E-state index in [1.54, 1.807) is 25.2 Å². The molecule has 8 nitrogen and oxygen atoms in total. The molecule has 0 aromatic rings. The molecule has 1 aliphatic rings. The highest BCUT2D eigenvalue weighted by Gasteiger charge is 2.48. The Kier molecular flexibility index (Phi) is 10.4. The Balaban J connectivity index is 3.49. The molecule has 178 valence electrons. The maximum atomic E-state index is 12.7. The number of carbonyl (C=O) groups excluding carboxylic acids is 4. The van der Waals surface area contributed by atoms with Gasteiger partial charge in [0.2, 0.25) is 0 Å². The molecular formula is C24H34O8. The van der Waals surface area contributed by atoms with Crippen LogP contribution in [0.15, 0.2) is 35.5 Å². The van der Waals surface area contributed by atoms with Crippen LogP contribution < -0.4 is 0 Å². The number of ether oxygens (including phenoxy) is 4. The van der Waals surface area contributed by atoms with Gasteiger partial charge in [0.15, 0.2) is 10.8 Å². The third kappa shape index (κ3) is 6.08. The van der Waals surface area contributed by atoms with Gasteiger partial charge < -0.3 is 18.9 Å². The van der Waals surface area contributed by atoms with E-state index in [2.05, 4.69) is 0 Å². The third-order valence-corrected chi connectivity index (χ3v) is 5.88. The lowest BCUT2D eigenvalue weighted by Gasteiger charge is -2.29. The Bertz CT molecular complexity index is 771. The van der Waals surface area contributed by atoms with Crippen LogP contribution in [0, 0.1) is 10.8 Å². The summed E-state index contributed by atoms with van der Waals surface area (Å²) in [5, 5.41) is 0. The Morgan fingerprint density at radius 3 is 1.75 bits per heavy atom. The maximum Gasteiger partial charge on any atom is 0.323 e. The minimum atomic E-state index is -1.46. The molecule has 8 heteroatoms. The van der Waals surface area contributed by atoms with E-state index in [1.807, 2.05) is 13.0 Å². The van der Waals surface area contributed by atoms with E-state index < -0.39 is 34.7 Å². The second-order valence-corrected chi connectivity index (χ2v) is 8.04. The number of rotatable bonds is 4. The topological polar surface area (TPSA) is 105 Å². The summed E-state index contributed by atoms with van der Waals surface area (Å²) in [4.78, 5) is 50.5. The summed E-state index contributed by atoms with van der Waals surface area (Å²) in [5.74, 6) is -2.58. The highest BCUT2D eigenvalue weighted by molar-refractivity contribution is 6.01. The van der Waals surface area contributed by atoms with Crippen molar-refractivity contribution in [3.8, 4) is 0 Å². The molecule has 0 radical (unpaired) electrons. The highest BCUT2D eigenvalue weighted by Crippen LogP contribution is 2.37. The van der Waals surface area contributed by atoms with Gasteiger partial charge in [-0.05, 0) is 52.4 Å². The van der Waals surface area contributed by atoms with Crippen molar-refractivity contribution in [3.63, 3.8) is 0 Å². The lowest BCUT2D eigenvalue weighted by molar-refractivity contribution is -0.171.